The summed E-state index contributed by atoms with van der Waals surface area (Å²) in [6.07, 6.45) is 1.23. The first-order chi connectivity index (χ1) is 7.70. The fraction of sp³-hybridized carbons (Fsp3) is 0.538. The van der Waals surface area contributed by atoms with Gasteiger partial charge in [0, 0.05) is 29.8 Å². The molecule has 1 atom stereocenters. The maximum atomic E-state index is 5.97. The lowest BCUT2D eigenvalue weighted by molar-refractivity contribution is 0.572. The number of rotatable bonds is 3. The Morgan fingerprint density at radius 3 is 3.00 bits per heavy atom. The number of hydrogen-bond acceptors (Lipinski definition) is 2. The van der Waals surface area contributed by atoms with E-state index >= 15 is 0 Å². The lowest BCUT2D eigenvalue weighted by Gasteiger charge is -2.21. The Bertz CT molecular complexity index is 365. The highest BCUT2D eigenvalue weighted by molar-refractivity contribution is 6.30. The van der Waals surface area contributed by atoms with Gasteiger partial charge in [0.25, 0.3) is 0 Å². The predicted octanol–water partition coefficient (Wildman–Crippen LogP) is 2.84. The van der Waals surface area contributed by atoms with Gasteiger partial charge in [-0.1, -0.05) is 18.5 Å². The largest absolute Gasteiger partial charge is 0.370 e. The highest BCUT2D eigenvalue weighted by atomic mass is 35.5. The molecule has 0 amide bonds. The Kier molecular flexibility index (Phi) is 3.72. The molecule has 3 heteroatoms. The number of likely N-dealkylation sites (N-methyl/N-ethyl adjacent to an activating group) is 1. The number of aryl methyl sites for hydroxylation is 1. The summed E-state index contributed by atoms with van der Waals surface area (Å²) in [7, 11) is 0. The standard InChI is InChI=1S/C13H19ClN2/c1-3-15-12-6-7-16(9-12)13-5-4-11(14)8-10(13)2/h4-5,8,12,15H,3,6-7,9H2,1-2H3. The topological polar surface area (TPSA) is 15.3 Å². The van der Waals surface area contributed by atoms with Crippen molar-refractivity contribution in [3.63, 3.8) is 0 Å². The first-order valence-corrected chi connectivity index (χ1v) is 6.33. The van der Waals surface area contributed by atoms with E-state index in [9.17, 15) is 0 Å². The molecule has 0 spiro atoms. The molecule has 0 aromatic heterocycles. The van der Waals surface area contributed by atoms with E-state index in [0.717, 1.165) is 24.7 Å². The number of nitrogens with zero attached hydrogens (tertiary/aromatic N) is 1. The Morgan fingerprint density at radius 2 is 2.31 bits per heavy atom. The van der Waals surface area contributed by atoms with Crippen molar-refractivity contribution in [2.45, 2.75) is 26.3 Å². The van der Waals surface area contributed by atoms with E-state index in [2.05, 4.69) is 30.1 Å². The second-order valence-electron chi connectivity index (χ2n) is 4.42. The Morgan fingerprint density at radius 1 is 1.50 bits per heavy atom. The van der Waals surface area contributed by atoms with Gasteiger partial charge in [-0.2, -0.15) is 0 Å². The third-order valence-electron chi connectivity index (χ3n) is 3.18. The normalized spacial score (nSPS) is 20.4. The van der Waals surface area contributed by atoms with E-state index in [1.165, 1.54) is 17.7 Å². The molecule has 1 heterocycles. The molecule has 1 aromatic carbocycles. The smallest absolute Gasteiger partial charge is 0.0410 e. The van der Waals surface area contributed by atoms with Crippen molar-refractivity contribution in [1.29, 1.82) is 0 Å². The van der Waals surface area contributed by atoms with Gasteiger partial charge in [0.1, 0.15) is 0 Å². The summed E-state index contributed by atoms with van der Waals surface area (Å²) in [5.74, 6) is 0. The van der Waals surface area contributed by atoms with Crippen LogP contribution in [0, 0.1) is 6.92 Å². The molecule has 1 aliphatic rings. The van der Waals surface area contributed by atoms with E-state index in [0.29, 0.717) is 6.04 Å². The lowest BCUT2D eigenvalue weighted by Crippen LogP contribution is -2.32. The van der Waals surface area contributed by atoms with E-state index in [1.54, 1.807) is 0 Å². The van der Waals surface area contributed by atoms with Crippen LogP contribution in [0.4, 0.5) is 5.69 Å². The van der Waals surface area contributed by atoms with Gasteiger partial charge in [-0.3, -0.25) is 0 Å². The van der Waals surface area contributed by atoms with Gasteiger partial charge in [0.05, 0.1) is 0 Å². The van der Waals surface area contributed by atoms with Gasteiger partial charge >= 0.3 is 0 Å². The maximum absolute atomic E-state index is 5.97. The van der Waals surface area contributed by atoms with Crippen LogP contribution in [0.2, 0.25) is 5.02 Å². The van der Waals surface area contributed by atoms with Gasteiger partial charge in [0.15, 0.2) is 0 Å². The van der Waals surface area contributed by atoms with Gasteiger partial charge in [-0.25, -0.2) is 0 Å². The third-order valence-corrected chi connectivity index (χ3v) is 3.42. The minimum Gasteiger partial charge on any atom is -0.370 e. The maximum Gasteiger partial charge on any atom is 0.0410 e. The number of nitrogens with one attached hydrogen (secondary N) is 1. The van der Waals surface area contributed by atoms with E-state index in [1.807, 2.05) is 12.1 Å². The van der Waals surface area contributed by atoms with Gasteiger partial charge in [-0.15, -0.1) is 0 Å². The molecule has 2 nitrogen and oxygen atoms in total. The third kappa shape index (κ3) is 2.50. The summed E-state index contributed by atoms with van der Waals surface area (Å²) in [6.45, 7) is 7.59. The lowest BCUT2D eigenvalue weighted by atomic mass is 10.2. The van der Waals surface area contributed by atoms with Crippen molar-refractivity contribution in [3.05, 3.63) is 28.8 Å². The van der Waals surface area contributed by atoms with Crippen LogP contribution >= 0.6 is 11.6 Å². The van der Waals surface area contributed by atoms with Crippen LogP contribution in [0.15, 0.2) is 18.2 Å². The van der Waals surface area contributed by atoms with E-state index in [4.69, 9.17) is 11.6 Å². The Balaban J connectivity index is 2.08. The minimum absolute atomic E-state index is 0.639. The molecule has 88 valence electrons. The molecule has 1 aromatic rings. The van der Waals surface area contributed by atoms with Crippen LogP contribution in [0.3, 0.4) is 0 Å². The SMILES string of the molecule is CCNC1CCN(c2ccc(Cl)cc2C)C1. The summed E-state index contributed by atoms with van der Waals surface area (Å²) in [4.78, 5) is 2.44. The van der Waals surface area contributed by atoms with Gasteiger partial charge in [0.2, 0.25) is 0 Å². The highest BCUT2D eigenvalue weighted by Gasteiger charge is 2.22. The first kappa shape index (κ1) is 11.7. The van der Waals surface area contributed by atoms with Crippen LogP contribution in [0.1, 0.15) is 18.9 Å². The number of hydrogen-bond donors (Lipinski definition) is 1. The first-order valence-electron chi connectivity index (χ1n) is 5.95. The molecule has 1 unspecified atom stereocenters. The number of anilines is 1. The van der Waals surface area contributed by atoms with E-state index in [-0.39, 0.29) is 0 Å². The summed E-state index contributed by atoms with van der Waals surface area (Å²) < 4.78 is 0. The Hall–Kier alpha value is -0.730. The minimum atomic E-state index is 0.639. The molecule has 0 bridgehead atoms. The average molecular weight is 239 g/mol. The molecular formula is C13H19ClN2. The Labute approximate surface area is 103 Å². The molecular weight excluding hydrogens is 220 g/mol. The molecule has 1 N–H and O–H groups in total. The zero-order chi connectivity index (χ0) is 11.5. The molecule has 2 rings (SSSR count). The summed E-state index contributed by atoms with van der Waals surface area (Å²) >= 11 is 5.97. The second kappa shape index (κ2) is 5.07. The van der Waals surface area contributed by atoms with Crippen LogP contribution < -0.4 is 10.2 Å². The zero-order valence-corrected chi connectivity index (χ0v) is 10.7. The van der Waals surface area contributed by atoms with Crippen LogP contribution in [-0.4, -0.2) is 25.7 Å². The van der Waals surface area contributed by atoms with Crippen LogP contribution in [0.25, 0.3) is 0 Å². The number of benzene rings is 1. The zero-order valence-electron chi connectivity index (χ0n) is 9.96. The summed E-state index contributed by atoms with van der Waals surface area (Å²) in [6, 6.07) is 6.79. The van der Waals surface area contributed by atoms with Crippen molar-refractivity contribution in [2.24, 2.45) is 0 Å². The quantitative estimate of drug-likeness (QED) is 0.871. The van der Waals surface area contributed by atoms with E-state index < -0.39 is 0 Å². The molecule has 1 aliphatic heterocycles. The molecule has 16 heavy (non-hydrogen) atoms. The second-order valence-corrected chi connectivity index (χ2v) is 4.86. The van der Waals surface area contributed by atoms with Crippen LogP contribution in [-0.2, 0) is 0 Å². The fourth-order valence-corrected chi connectivity index (χ4v) is 2.63. The summed E-state index contributed by atoms with van der Waals surface area (Å²) in [5.41, 5.74) is 2.59. The molecule has 1 saturated heterocycles. The molecule has 1 fully saturated rings. The van der Waals surface area contributed by atoms with Crippen molar-refractivity contribution < 1.29 is 0 Å². The predicted molar refractivity (Wildman–Crippen MR) is 70.5 cm³/mol. The van der Waals surface area contributed by atoms with Crippen molar-refractivity contribution in [1.82, 2.24) is 5.32 Å². The average Bonchev–Trinajstić information content (AvgIpc) is 2.67. The molecule has 0 saturated carbocycles. The molecule has 0 aliphatic carbocycles. The molecule has 0 radical (unpaired) electrons. The van der Waals surface area contributed by atoms with Crippen LogP contribution in [0.5, 0.6) is 0 Å². The number of halogens is 1. The highest BCUT2D eigenvalue weighted by Crippen LogP contribution is 2.26. The summed E-state index contributed by atoms with van der Waals surface area (Å²) in [5, 5.41) is 4.33. The van der Waals surface area contributed by atoms with Crippen molar-refractivity contribution in [3.8, 4) is 0 Å². The van der Waals surface area contributed by atoms with Crippen molar-refractivity contribution in [2.75, 3.05) is 24.5 Å². The fourth-order valence-electron chi connectivity index (χ4n) is 2.41. The van der Waals surface area contributed by atoms with Crippen molar-refractivity contribution >= 4 is 17.3 Å². The van der Waals surface area contributed by atoms with Gasteiger partial charge < -0.3 is 10.2 Å². The monoisotopic (exact) mass is 238 g/mol. The van der Waals surface area contributed by atoms with Gasteiger partial charge in [-0.05, 0) is 43.7 Å².